The van der Waals surface area contributed by atoms with Crippen molar-refractivity contribution in [1.29, 1.82) is 0 Å². The second-order valence-corrected chi connectivity index (χ2v) is 5.51. The highest BCUT2D eigenvalue weighted by Gasteiger charge is 2.13. The zero-order valence-corrected chi connectivity index (χ0v) is 12.9. The maximum absolute atomic E-state index is 12.1. The van der Waals surface area contributed by atoms with Crippen molar-refractivity contribution in [1.82, 2.24) is 5.32 Å². The van der Waals surface area contributed by atoms with E-state index in [0.29, 0.717) is 17.2 Å². The van der Waals surface area contributed by atoms with E-state index < -0.39 is 0 Å². The number of furan rings is 1. The predicted octanol–water partition coefficient (Wildman–Crippen LogP) is 3.31. The lowest BCUT2D eigenvalue weighted by molar-refractivity contribution is 0.0930. The van der Waals surface area contributed by atoms with E-state index >= 15 is 0 Å². The fourth-order valence-electron chi connectivity index (χ4n) is 1.76. The lowest BCUT2D eigenvalue weighted by atomic mass is 10.1. The summed E-state index contributed by atoms with van der Waals surface area (Å²) >= 11 is 0. The molecule has 1 aromatic carbocycles. The Morgan fingerprint density at radius 1 is 1.00 bits per heavy atom. The summed E-state index contributed by atoms with van der Waals surface area (Å²) in [7, 11) is 0. The number of benzene rings is 1. The van der Waals surface area contributed by atoms with Gasteiger partial charge in [0.25, 0.3) is 11.8 Å². The van der Waals surface area contributed by atoms with Gasteiger partial charge in [-0.15, -0.1) is 0 Å². The third kappa shape index (κ3) is 3.97. The third-order valence-electron chi connectivity index (χ3n) is 3.51. The van der Waals surface area contributed by atoms with Crippen LogP contribution < -0.4 is 10.6 Å². The van der Waals surface area contributed by atoms with Crippen LogP contribution in [0.3, 0.4) is 0 Å². The number of amides is 2. The molecule has 0 bridgehead atoms. The Kier molecular flexibility index (Phi) is 4.99. The van der Waals surface area contributed by atoms with Crippen molar-refractivity contribution in [3.8, 4) is 0 Å². The van der Waals surface area contributed by atoms with Gasteiger partial charge in [-0.05, 0) is 49.2 Å². The second kappa shape index (κ2) is 6.93. The average Bonchev–Trinajstić information content (AvgIpc) is 3.02. The summed E-state index contributed by atoms with van der Waals surface area (Å²) in [4.78, 5) is 23.9. The Labute approximate surface area is 129 Å². The normalized spacial score (nSPS) is 12.0. The summed E-state index contributed by atoms with van der Waals surface area (Å²) < 4.78 is 5.02. The van der Waals surface area contributed by atoms with Crippen LogP contribution in [0.5, 0.6) is 0 Å². The topological polar surface area (TPSA) is 71.3 Å². The quantitative estimate of drug-likeness (QED) is 0.890. The van der Waals surface area contributed by atoms with E-state index in [2.05, 4.69) is 24.5 Å². The Balaban J connectivity index is 1.98. The molecule has 0 spiro atoms. The Morgan fingerprint density at radius 3 is 2.23 bits per heavy atom. The molecule has 116 valence electrons. The van der Waals surface area contributed by atoms with Crippen LogP contribution in [0.2, 0.25) is 0 Å². The van der Waals surface area contributed by atoms with Crippen LogP contribution in [-0.4, -0.2) is 17.9 Å². The summed E-state index contributed by atoms with van der Waals surface area (Å²) in [5.41, 5.74) is 1.17. The van der Waals surface area contributed by atoms with Crippen molar-refractivity contribution in [3.05, 3.63) is 54.0 Å². The molecule has 0 saturated heterocycles. The minimum absolute atomic E-state index is 0.103. The molecule has 5 heteroatoms. The molecule has 2 amide bonds. The molecule has 0 aliphatic heterocycles. The number of carbonyl (C=O) groups is 2. The second-order valence-electron chi connectivity index (χ2n) is 5.51. The summed E-state index contributed by atoms with van der Waals surface area (Å²) in [5.74, 6) is 0.170. The zero-order chi connectivity index (χ0) is 16.1. The monoisotopic (exact) mass is 300 g/mol. The largest absolute Gasteiger partial charge is 0.459 e. The van der Waals surface area contributed by atoms with Crippen molar-refractivity contribution in [3.63, 3.8) is 0 Å². The van der Waals surface area contributed by atoms with Crippen LogP contribution in [0.15, 0.2) is 47.1 Å². The number of rotatable bonds is 5. The maximum atomic E-state index is 12.1. The zero-order valence-electron chi connectivity index (χ0n) is 12.9. The van der Waals surface area contributed by atoms with Crippen LogP contribution in [0.1, 0.15) is 41.7 Å². The molecule has 2 N–H and O–H groups in total. The van der Waals surface area contributed by atoms with Gasteiger partial charge in [-0.2, -0.15) is 0 Å². The van der Waals surface area contributed by atoms with Gasteiger partial charge in [0.05, 0.1) is 6.26 Å². The molecule has 1 unspecified atom stereocenters. The van der Waals surface area contributed by atoms with Gasteiger partial charge in [0.1, 0.15) is 0 Å². The van der Waals surface area contributed by atoms with E-state index in [-0.39, 0.29) is 23.6 Å². The molecular weight excluding hydrogens is 280 g/mol. The molecule has 1 aromatic heterocycles. The highest BCUT2D eigenvalue weighted by molar-refractivity contribution is 6.02. The molecule has 2 rings (SSSR count). The molecule has 0 aliphatic carbocycles. The third-order valence-corrected chi connectivity index (χ3v) is 3.51. The number of anilines is 1. The van der Waals surface area contributed by atoms with Gasteiger partial charge in [-0.3, -0.25) is 9.59 Å². The molecule has 0 fully saturated rings. The van der Waals surface area contributed by atoms with Gasteiger partial charge in [0.2, 0.25) is 0 Å². The average molecular weight is 300 g/mol. The van der Waals surface area contributed by atoms with Crippen LogP contribution in [0.25, 0.3) is 0 Å². The van der Waals surface area contributed by atoms with E-state index in [0.717, 1.165) is 0 Å². The van der Waals surface area contributed by atoms with E-state index in [1.807, 2.05) is 6.92 Å². The summed E-state index contributed by atoms with van der Waals surface area (Å²) in [6.45, 7) is 6.08. The molecule has 5 nitrogen and oxygen atoms in total. The van der Waals surface area contributed by atoms with Gasteiger partial charge < -0.3 is 15.1 Å². The molecule has 1 atom stereocenters. The Bertz CT molecular complexity index is 630. The summed E-state index contributed by atoms with van der Waals surface area (Å²) in [6, 6.07) is 10.1. The molecule has 22 heavy (non-hydrogen) atoms. The van der Waals surface area contributed by atoms with E-state index in [4.69, 9.17) is 4.42 Å². The Hall–Kier alpha value is -2.56. The lowest BCUT2D eigenvalue weighted by Gasteiger charge is -2.17. The van der Waals surface area contributed by atoms with E-state index in [9.17, 15) is 9.59 Å². The minimum Gasteiger partial charge on any atom is -0.459 e. The van der Waals surface area contributed by atoms with E-state index in [1.165, 1.54) is 6.26 Å². The SMILES string of the molecule is CC(C)C(C)NC(=O)c1ccc(NC(=O)c2ccco2)cc1. The van der Waals surface area contributed by atoms with Crippen LogP contribution in [-0.2, 0) is 0 Å². The van der Waals surface area contributed by atoms with Crippen LogP contribution in [0, 0.1) is 5.92 Å². The van der Waals surface area contributed by atoms with Crippen molar-refractivity contribution in [2.75, 3.05) is 5.32 Å². The van der Waals surface area contributed by atoms with Crippen molar-refractivity contribution >= 4 is 17.5 Å². The molecule has 0 aliphatic rings. The van der Waals surface area contributed by atoms with Crippen LogP contribution in [0.4, 0.5) is 5.69 Å². The molecule has 0 saturated carbocycles. The molecule has 0 radical (unpaired) electrons. The summed E-state index contributed by atoms with van der Waals surface area (Å²) in [6.07, 6.45) is 1.44. The van der Waals surface area contributed by atoms with Gasteiger partial charge in [-0.25, -0.2) is 0 Å². The minimum atomic E-state index is -0.323. The van der Waals surface area contributed by atoms with Gasteiger partial charge in [0, 0.05) is 17.3 Å². The van der Waals surface area contributed by atoms with Gasteiger partial charge in [0.15, 0.2) is 5.76 Å². The molecular formula is C17H20N2O3. The number of carbonyl (C=O) groups excluding carboxylic acids is 2. The highest BCUT2D eigenvalue weighted by Crippen LogP contribution is 2.12. The maximum Gasteiger partial charge on any atom is 0.291 e. The van der Waals surface area contributed by atoms with Gasteiger partial charge in [-0.1, -0.05) is 13.8 Å². The van der Waals surface area contributed by atoms with Crippen molar-refractivity contribution in [2.45, 2.75) is 26.8 Å². The lowest BCUT2D eigenvalue weighted by Crippen LogP contribution is -2.36. The van der Waals surface area contributed by atoms with Crippen molar-refractivity contribution in [2.24, 2.45) is 5.92 Å². The number of hydrogen-bond acceptors (Lipinski definition) is 3. The Morgan fingerprint density at radius 2 is 1.68 bits per heavy atom. The van der Waals surface area contributed by atoms with Gasteiger partial charge >= 0.3 is 0 Å². The number of nitrogens with one attached hydrogen (secondary N) is 2. The molecule has 2 aromatic rings. The van der Waals surface area contributed by atoms with Crippen molar-refractivity contribution < 1.29 is 14.0 Å². The summed E-state index contributed by atoms with van der Waals surface area (Å²) in [5, 5.41) is 5.64. The van der Waals surface area contributed by atoms with Crippen LogP contribution >= 0.6 is 0 Å². The highest BCUT2D eigenvalue weighted by atomic mass is 16.3. The molecule has 1 heterocycles. The van der Waals surface area contributed by atoms with E-state index in [1.54, 1.807) is 36.4 Å². The standard InChI is InChI=1S/C17H20N2O3/c1-11(2)12(3)18-16(20)13-6-8-14(9-7-13)19-17(21)15-5-4-10-22-15/h4-12H,1-3H3,(H,18,20)(H,19,21). The first-order valence-corrected chi connectivity index (χ1v) is 7.23. The predicted molar refractivity (Wildman–Crippen MR) is 84.9 cm³/mol. The first-order valence-electron chi connectivity index (χ1n) is 7.23. The fourth-order valence-corrected chi connectivity index (χ4v) is 1.76. The fraction of sp³-hybridized carbons (Fsp3) is 0.294. The smallest absolute Gasteiger partial charge is 0.291 e. The number of hydrogen-bond donors (Lipinski definition) is 2. The first-order chi connectivity index (χ1) is 10.5. The first kappa shape index (κ1) is 15.8.